The summed E-state index contributed by atoms with van der Waals surface area (Å²) < 4.78 is 5.68. The molecule has 1 aliphatic rings. The number of ether oxygens (including phenoxy) is 1. The highest BCUT2D eigenvalue weighted by Gasteiger charge is 2.24. The Bertz CT molecular complexity index is 437. The third-order valence-corrected chi connectivity index (χ3v) is 3.31. The molecule has 1 aliphatic heterocycles. The minimum Gasteiger partial charge on any atom is -0.477 e. The van der Waals surface area contributed by atoms with E-state index in [4.69, 9.17) is 9.84 Å². The number of carbonyl (C=O) groups is 1. The van der Waals surface area contributed by atoms with Crippen LogP contribution in [0.3, 0.4) is 0 Å². The third kappa shape index (κ3) is 4.13. The minimum absolute atomic E-state index is 0.0749. The number of para-hydroxylation sites is 2. The lowest BCUT2D eigenvalue weighted by Crippen LogP contribution is -2.44. The van der Waals surface area contributed by atoms with E-state index in [2.05, 4.69) is 10.6 Å². The number of hydrogen-bond acceptors (Lipinski definition) is 4. The van der Waals surface area contributed by atoms with E-state index >= 15 is 0 Å². The van der Waals surface area contributed by atoms with E-state index in [1.165, 1.54) is 0 Å². The molecule has 110 valence electrons. The van der Waals surface area contributed by atoms with Crippen molar-refractivity contribution in [1.82, 2.24) is 5.32 Å². The van der Waals surface area contributed by atoms with Gasteiger partial charge in [-0.15, -0.1) is 0 Å². The van der Waals surface area contributed by atoms with Crippen molar-refractivity contribution in [3.05, 3.63) is 24.3 Å². The zero-order valence-electron chi connectivity index (χ0n) is 11.6. The number of nitrogens with one attached hydrogen (secondary N) is 2. The molecule has 1 amide bonds. The Kier molecular flexibility index (Phi) is 5.68. The predicted molar refractivity (Wildman–Crippen MR) is 77.9 cm³/mol. The molecule has 3 N–H and O–H groups in total. The Morgan fingerprint density at radius 1 is 1.30 bits per heavy atom. The average Bonchev–Trinajstić information content (AvgIpc) is 2.50. The van der Waals surface area contributed by atoms with E-state index in [0.717, 1.165) is 37.1 Å². The molecule has 0 radical (unpaired) electrons. The first-order chi connectivity index (χ1) is 9.81. The second-order valence-electron chi connectivity index (χ2n) is 4.91. The third-order valence-electron chi connectivity index (χ3n) is 3.31. The van der Waals surface area contributed by atoms with Gasteiger partial charge in [-0.2, -0.15) is 0 Å². The first kappa shape index (κ1) is 14.7. The molecule has 0 saturated heterocycles. The lowest BCUT2D eigenvalue weighted by atomic mass is 10.2. The molecule has 2 rings (SSSR count). The number of carbonyl (C=O) groups excluding carboxylic acids is 1. The summed E-state index contributed by atoms with van der Waals surface area (Å²) in [6.45, 7) is 1.40. The standard InChI is InChI=1S/C15H22N2O3/c18-10-6-2-1-5-9-16-15(19)14-11-17-12-7-3-4-8-13(12)20-14/h3-4,7-8,14,17-18H,1-2,5-6,9-11H2,(H,16,19). The van der Waals surface area contributed by atoms with E-state index < -0.39 is 6.10 Å². The molecule has 0 aromatic heterocycles. The summed E-state index contributed by atoms with van der Waals surface area (Å²) in [4.78, 5) is 12.0. The summed E-state index contributed by atoms with van der Waals surface area (Å²) >= 11 is 0. The van der Waals surface area contributed by atoms with Crippen LogP contribution in [0.15, 0.2) is 24.3 Å². The van der Waals surface area contributed by atoms with Crippen LogP contribution in [0, 0.1) is 0 Å². The fourth-order valence-corrected chi connectivity index (χ4v) is 2.18. The number of fused-ring (bicyclic) bond motifs is 1. The topological polar surface area (TPSA) is 70.6 Å². The molecule has 5 nitrogen and oxygen atoms in total. The zero-order valence-corrected chi connectivity index (χ0v) is 11.6. The maximum atomic E-state index is 12.0. The maximum absolute atomic E-state index is 12.0. The van der Waals surface area contributed by atoms with Gasteiger partial charge in [0.2, 0.25) is 0 Å². The van der Waals surface area contributed by atoms with Gasteiger partial charge in [0.05, 0.1) is 12.2 Å². The number of amides is 1. The highest BCUT2D eigenvalue weighted by atomic mass is 16.5. The molecule has 1 aromatic carbocycles. The van der Waals surface area contributed by atoms with Crippen molar-refractivity contribution in [2.24, 2.45) is 0 Å². The number of aliphatic hydroxyl groups excluding tert-OH is 1. The minimum atomic E-state index is -0.470. The van der Waals surface area contributed by atoms with Gasteiger partial charge in [0.15, 0.2) is 6.10 Å². The van der Waals surface area contributed by atoms with Crippen LogP contribution in [-0.2, 0) is 4.79 Å². The second-order valence-corrected chi connectivity index (χ2v) is 4.91. The highest BCUT2D eigenvalue weighted by Crippen LogP contribution is 2.28. The molecule has 0 aliphatic carbocycles. The number of aliphatic hydroxyl groups is 1. The monoisotopic (exact) mass is 278 g/mol. The van der Waals surface area contributed by atoms with Gasteiger partial charge in [-0.05, 0) is 25.0 Å². The van der Waals surface area contributed by atoms with Crippen LogP contribution >= 0.6 is 0 Å². The fraction of sp³-hybridized carbons (Fsp3) is 0.533. The van der Waals surface area contributed by atoms with Crippen molar-refractivity contribution >= 4 is 11.6 Å². The van der Waals surface area contributed by atoms with Gasteiger partial charge in [0.1, 0.15) is 5.75 Å². The van der Waals surface area contributed by atoms with E-state index in [-0.39, 0.29) is 12.5 Å². The molecule has 0 spiro atoms. The number of anilines is 1. The Labute approximate surface area is 119 Å². The summed E-state index contributed by atoms with van der Waals surface area (Å²) in [6.07, 6.45) is 3.32. The molecule has 0 bridgehead atoms. The Morgan fingerprint density at radius 2 is 2.10 bits per heavy atom. The van der Waals surface area contributed by atoms with E-state index in [1.807, 2.05) is 24.3 Å². The molecule has 5 heteroatoms. The summed E-state index contributed by atoms with van der Waals surface area (Å²) in [5.74, 6) is 0.649. The van der Waals surface area contributed by atoms with Crippen LogP contribution in [0.5, 0.6) is 5.75 Å². The molecule has 1 heterocycles. The number of hydrogen-bond donors (Lipinski definition) is 3. The van der Waals surface area contributed by atoms with E-state index in [1.54, 1.807) is 0 Å². The smallest absolute Gasteiger partial charge is 0.262 e. The zero-order chi connectivity index (χ0) is 14.2. The van der Waals surface area contributed by atoms with Crippen molar-refractivity contribution in [2.75, 3.05) is 25.0 Å². The molecular formula is C15H22N2O3. The number of unbranched alkanes of at least 4 members (excludes halogenated alkanes) is 3. The van der Waals surface area contributed by atoms with Crippen LogP contribution in [0.2, 0.25) is 0 Å². The number of rotatable bonds is 7. The van der Waals surface area contributed by atoms with Crippen LogP contribution in [-0.4, -0.2) is 36.8 Å². The van der Waals surface area contributed by atoms with Crippen molar-refractivity contribution < 1.29 is 14.6 Å². The molecule has 1 unspecified atom stereocenters. The predicted octanol–water partition coefficient (Wildman–Crippen LogP) is 1.53. The van der Waals surface area contributed by atoms with E-state index in [0.29, 0.717) is 13.1 Å². The molecule has 0 saturated carbocycles. The van der Waals surface area contributed by atoms with Crippen molar-refractivity contribution in [1.29, 1.82) is 0 Å². The summed E-state index contributed by atoms with van der Waals surface area (Å²) in [7, 11) is 0. The van der Waals surface area contributed by atoms with Gasteiger partial charge in [-0.3, -0.25) is 4.79 Å². The molecule has 1 atom stereocenters. The molecule has 1 aromatic rings. The van der Waals surface area contributed by atoms with Gasteiger partial charge < -0.3 is 20.5 Å². The lowest BCUT2D eigenvalue weighted by Gasteiger charge is -2.26. The Balaban J connectivity index is 1.69. The van der Waals surface area contributed by atoms with Crippen LogP contribution in [0.25, 0.3) is 0 Å². The largest absolute Gasteiger partial charge is 0.477 e. The first-order valence-electron chi connectivity index (χ1n) is 7.19. The van der Waals surface area contributed by atoms with Gasteiger partial charge in [-0.1, -0.05) is 25.0 Å². The van der Waals surface area contributed by atoms with Crippen LogP contribution < -0.4 is 15.4 Å². The van der Waals surface area contributed by atoms with Crippen molar-refractivity contribution in [2.45, 2.75) is 31.8 Å². The molecule has 0 fully saturated rings. The Hall–Kier alpha value is -1.75. The van der Waals surface area contributed by atoms with Crippen molar-refractivity contribution in [3.8, 4) is 5.75 Å². The second kappa shape index (κ2) is 7.75. The summed E-state index contributed by atoms with van der Waals surface area (Å²) in [5.41, 5.74) is 0.931. The lowest BCUT2D eigenvalue weighted by molar-refractivity contribution is -0.127. The fourth-order valence-electron chi connectivity index (χ4n) is 2.18. The van der Waals surface area contributed by atoms with Gasteiger partial charge in [-0.25, -0.2) is 0 Å². The van der Waals surface area contributed by atoms with Crippen LogP contribution in [0.4, 0.5) is 5.69 Å². The average molecular weight is 278 g/mol. The van der Waals surface area contributed by atoms with Gasteiger partial charge in [0.25, 0.3) is 5.91 Å². The molecule has 20 heavy (non-hydrogen) atoms. The maximum Gasteiger partial charge on any atom is 0.262 e. The van der Waals surface area contributed by atoms with Gasteiger partial charge >= 0.3 is 0 Å². The summed E-state index contributed by atoms with van der Waals surface area (Å²) in [5, 5.41) is 14.8. The highest BCUT2D eigenvalue weighted by molar-refractivity contribution is 5.83. The Morgan fingerprint density at radius 3 is 2.95 bits per heavy atom. The number of benzene rings is 1. The van der Waals surface area contributed by atoms with Crippen LogP contribution in [0.1, 0.15) is 25.7 Å². The normalized spacial score (nSPS) is 16.8. The van der Waals surface area contributed by atoms with Crippen molar-refractivity contribution in [3.63, 3.8) is 0 Å². The van der Waals surface area contributed by atoms with E-state index in [9.17, 15) is 4.79 Å². The SMILES string of the molecule is O=C(NCCCCCCO)C1CNc2ccccc2O1. The summed E-state index contributed by atoms with van der Waals surface area (Å²) in [6, 6.07) is 7.62. The molecular weight excluding hydrogens is 256 g/mol. The first-order valence-corrected chi connectivity index (χ1v) is 7.19. The van der Waals surface area contributed by atoms with Gasteiger partial charge in [0, 0.05) is 13.2 Å². The quantitative estimate of drug-likeness (QED) is 0.662.